The molecule has 4 heteroatoms. The van der Waals surface area contributed by atoms with Crippen molar-refractivity contribution in [2.24, 2.45) is 0 Å². The molecular formula is C21H19N3O. The van der Waals surface area contributed by atoms with E-state index in [0.29, 0.717) is 6.54 Å². The van der Waals surface area contributed by atoms with Crippen molar-refractivity contribution in [3.8, 4) is 5.69 Å². The first kappa shape index (κ1) is 15.4. The Labute approximate surface area is 147 Å². The maximum absolute atomic E-state index is 12.7. The first-order valence-corrected chi connectivity index (χ1v) is 8.43. The van der Waals surface area contributed by atoms with Gasteiger partial charge in [0.05, 0.1) is 6.33 Å². The van der Waals surface area contributed by atoms with Crippen LogP contribution in [0.4, 0.5) is 0 Å². The lowest BCUT2D eigenvalue weighted by molar-refractivity contribution is 0.0773. The lowest BCUT2D eigenvalue weighted by Crippen LogP contribution is -2.34. The number of amides is 1. The quantitative estimate of drug-likeness (QED) is 0.733. The highest BCUT2D eigenvalue weighted by Crippen LogP contribution is 2.23. The predicted octanol–water partition coefficient (Wildman–Crippen LogP) is 3.80. The molecule has 1 amide bonds. The third-order valence-electron chi connectivity index (χ3n) is 4.56. The monoisotopic (exact) mass is 329 g/mol. The Morgan fingerprint density at radius 1 is 1.00 bits per heavy atom. The Morgan fingerprint density at radius 3 is 2.44 bits per heavy atom. The zero-order chi connectivity index (χ0) is 17.1. The molecule has 0 fully saturated rings. The fraction of sp³-hybridized carbons (Fsp3) is 0.143. The third kappa shape index (κ3) is 3.24. The van der Waals surface area contributed by atoms with Crippen LogP contribution in [-0.4, -0.2) is 33.4 Å². The molecule has 0 saturated carbocycles. The summed E-state index contributed by atoms with van der Waals surface area (Å²) in [6, 6.07) is 18.0. The number of aromatic nitrogens is 2. The van der Waals surface area contributed by atoms with Crippen LogP contribution in [0.2, 0.25) is 0 Å². The Balaban J connectivity index is 1.46. The normalized spacial score (nSPS) is 14.2. The second-order valence-electron chi connectivity index (χ2n) is 6.11. The molecule has 0 N–H and O–H groups in total. The van der Waals surface area contributed by atoms with Crippen LogP contribution < -0.4 is 0 Å². The molecule has 0 unspecified atom stereocenters. The highest BCUT2D eigenvalue weighted by molar-refractivity contribution is 5.95. The molecule has 0 atom stereocenters. The molecule has 25 heavy (non-hydrogen) atoms. The summed E-state index contributed by atoms with van der Waals surface area (Å²) in [4.78, 5) is 18.7. The van der Waals surface area contributed by atoms with Crippen molar-refractivity contribution in [2.75, 3.05) is 13.1 Å². The molecule has 0 spiro atoms. The van der Waals surface area contributed by atoms with Gasteiger partial charge >= 0.3 is 0 Å². The van der Waals surface area contributed by atoms with E-state index in [2.05, 4.69) is 35.3 Å². The minimum atomic E-state index is 0.0838. The van der Waals surface area contributed by atoms with Crippen molar-refractivity contribution in [2.45, 2.75) is 6.42 Å². The number of rotatable bonds is 3. The Kier molecular flexibility index (Phi) is 4.17. The van der Waals surface area contributed by atoms with Crippen molar-refractivity contribution in [3.05, 3.63) is 90.5 Å². The summed E-state index contributed by atoms with van der Waals surface area (Å²) in [5.41, 5.74) is 4.29. The molecule has 0 radical (unpaired) electrons. The lowest BCUT2D eigenvalue weighted by Gasteiger charge is -2.27. The number of imidazole rings is 1. The summed E-state index contributed by atoms with van der Waals surface area (Å²) in [6.45, 7) is 1.41. The van der Waals surface area contributed by atoms with Gasteiger partial charge in [0.25, 0.3) is 5.91 Å². The summed E-state index contributed by atoms with van der Waals surface area (Å²) in [5.74, 6) is 0.0838. The topological polar surface area (TPSA) is 38.1 Å². The van der Waals surface area contributed by atoms with Crippen LogP contribution >= 0.6 is 0 Å². The van der Waals surface area contributed by atoms with Crippen molar-refractivity contribution in [1.82, 2.24) is 14.5 Å². The van der Waals surface area contributed by atoms with Crippen LogP contribution in [-0.2, 0) is 0 Å². The molecule has 124 valence electrons. The van der Waals surface area contributed by atoms with Gasteiger partial charge in [0, 0.05) is 36.7 Å². The van der Waals surface area contributed by atoms with Gasteiger partial charge in [-0.05, 0) is 41.8 Å². The second kappa shape index (κ2) is 6.77. The van der Waals surface area contributed by atoms with E-state index < -0.39 is 0 Å². The van der Waals surface area contributed by atoms with E-state index >= 15 is 0 Å². The second-order valence-corrected chi connectivity index (χ2v) is 6.11. The largest absolute Gasteiger partial charge is 0.335 e. The van der Waals surface area contributed by atoms with E-state index in [1.807, 2.05) is 46.0 Å². The molecule has 2 heterocycles. The average molecular weight is 329 g/mol. The maximum atomic E-state index is 12.7. The van der Waals surface area contributed by atoms with Gasteiger partial charge in [-0.1, -0.05) is 36.4 Å². The summed E-state index contributed by atoms with van der Waals surface area (Å²) in [6.07, 6.45) is 8.43. The Bertz CT molecular complexity index is 881. The van der Waals surface area contributed by atoms with Crippen LogP contribution in [0, 0.1) is 0 Å². The molecule has 4 nitrogen and oxygen atoms in total. The van der Waals surface area contributed by atoms with E-state index in [4.69, 9.17) is 0 Å². The van der Waals surface area contributed by atoms with Gasteiger partial charge < -0.3 is 9.47 Å². The molecule has 0 saturated heterocycles. The molecule has 0 aliphatic carbocycles. The van der Waals surface area contributed by atoms with Gasteiger partial charge in [-0.25, -0.2) is 4.98 Å². The Morgan fingerprint density at radius 2 is 1.80 bits per heavy atom. The van der Waals surface area contributed by atoms with E-state index in [9.17, 15) is 4.79 Å². The fourth-order valence-corrected chi connectivity index (χ4v) is 3.14. The van der Waals surface area contributed by atoms with Crippen molar-refractivity contribution < 1.29 is 4.79 Å². The molecule has 2 aromatic carbocycles. The summed E-state index contributed by atoms with van der Waals surface area (Å²) in [5, 5.41) is 0. The minimum Gasteiger partial charge on any atom is -0.335 e. The zero-order valence-electron chi connectivity index (χ0n) is 13.9. The van der Waals surface area contributed by atoms with Gasteiger partial charge in [0.1, 0.15) is 0 Å². The van der Waals surface area contributed by atoms with Crippen molar-refractivity contribution >= 4 is 11.5 Å². The molecule has 1 aliphatic rings. The van der Waals surface area contributed by atoms with Gasteiger partial charge in [-0.2, -0.15) is 0 Å². The molecule has 0 bridgehead atoms. The number of benzene rings is 2. The summed E-state index contributed by atoms with van der Waals surface area (Å²) in [7, 11) is 0. The molecule has 1 aromatic heterocycles. The number of hydrogen-bond acceptors (Lipinski definition) is 2. The molecule has 1 aliphatic heterocycles. The highest BCUT2D eigenvalue weighted by Gasteiger charge is 2.19. The predicted molar refractivity (Wildman–Crippen MR) is 98.5 cm³/mol. The lowest BCUT2D eigenvalue weighted by atomic mass is 9.99. The average Bonchev–Trinajstić information content (AvgIpc) is 3.23. The van der Waals surface area contributed by atoms with Gasteiger partial charge in [-0.15, -0.1) is 0 Å². The fourth-order valence-electron chi connectivity index (χ4n) is 3.14. The molecule has 4 rings (SSSR count). The molecular weight excluding hydrogens is 310 g/mol. The maximum Gasteiger partial charge on any atom is 0.254 e. The van der Waals surface area contributed by atoms with Crippen LogP contribution in [0.15, 0.2) is 79.4 Å². The van der Waals surface area contributed by atoms with E-state index in [0.717, 1.165) is 24.2 Å². The molecule has 3 aromatic rings. The summed E-state index contributed by atoms with van der Waals surface area (Å²) >= 11 is 0. The smallest absolute Gasteiger partial charge is 0.254 e. The van der Waals surface area contributed by atoms with Gasteiger partial charge in [0.2, 0.25) is 0 Å². The van der Waals surface area contributed by atoms with Crippen molar-refractivity contribution in [1.29, 1.82) is 0 Å². The third-order valence-corrected chi connectivity index (χ3v) is 4.56. The summed E-state index contributed by atoms with van der Waals surface area (Å²) < 4.78 is 1.92. The van der Waals surface area contributed by atoms with E-state index in [-0.39, 0.29) is 5.91 Å². The number of carbonyl (C=O) groups excluding carboxylic acids is 1. The number of hydrogen-bond donors (Lipinski definition) is 0. The SMILES string of the molecule is O=C(c1ccc(-n2ccnc2)cc1)N1CC=C(c2ccccc2)CC1. The number of carbonyl (C=O) groups is 1. The zero-order valence-corrected chi connectivity index (χ0v) is 13.9. The van der Waals surface area contributed by atoms with Crippen LogP contribution in [0.5, 0.6) is 0 Å². The van der Waals surface area contributed by atoms with Crippen LogP contribution in [0.1, 0.15) is 22.3 Å². The first-order chi connectivity index (χ1) is 12.3. The van der Waals surface area contributed by atoms with E-state index in [1.54, 1.807) is 12.5 Å². The minimum absolute atomic E-state index is 0.0838. The van der Waals surface area contributed by atoms with Gasteiger partial charge in [0.15, 0.2) is 0 Å². The van der Waals surface area contributed by atoms with Crippen LogP contribution in [0.25, 0.3) is 11.3 Å². The Hall–Kier alpha value is -3.14. The van der Waals surface area contributed by atoms with Crippen LogP contribution in [0.3, 0.4) is 0 Å². The van der Waals surface area contributed by atoms with Crippen molar-refractivity contribution in [3.63, 3.8) is 0 Å². The van der Waals surface area contributed by atoms with Gasteiger partial charge in [-0.3, -0.25) is 4.79 Å². The highest BCUT2D eigenvalue weighted by atomic mass is 16.2. The number of nitrogens with zero attached hydrogens (tertiary/aromatic N) is 3. The van der Waals surface area contributed by atoms with E-state index in [1.165, 1.54) is 11.1 Å². The first-order valence-electron chi connectivity index (χ1n) is 8.43. The standard InChI is InChI=1S/C21H19N3O/c25-21(19-6-8-20(9-7-19)24-15-12-22-16-24)23-13-10-18(11-14-23)17-4-2-1-3-5-17/h1-10,12,15-16H,11,13-14H2.